The van der Waals surface area contributed by atoms with E-state index >= 15 is 0 Å². The van der Waals surface area contributed by atoms with E-state index < -0.39 is 0 Å². The highest BCUT2D eigenvalue weighted by molar-refractivity contribution is 5.95. The molecule has 0 saturated heterocycles. The van der Waals surface area contributed by atoms with Gasteiger partial charge in [-0.15, -0.1) is 0 Å². The molecule has 4 nitrogen and oxygen atoms in total. The zero-order valence-corrected chi connectivity index (χ0v) is 11.5. The molecular formula is C15H20N2O2. The van der Waals surface area contributed by atoms with E-state index in [1.54, 1.807) is 0 Å². The van der Waals surface area contributed by atoms with E-state index in [1.807, 2.05) is 36.1 Å². The number of carbonyl (C=O) groups excluding carboxylic acids is 2. The van der Waals surface area contributed by atoms with Gasteiger partial charge in [0.1, 0.15) is 0 Å². The SMILES string of the molecule is CCCC(=O)N(c1ccc(NC(C)=O)cc1)C1CC1. The van der Waals surface area contributed by atoms with Crippen LogP contribution < -0.4 is 10.2 Å². The second-order valence-electron chi connectivity index (χ2n) is 4.97. The summed E-state index contributed by atoms with van der Waals surface area (Å²) >= 11 is 0. The number of nitrogens with zero attached hydrogens (tertiary/aromatic N) is 1. The first-order valence-electron chi connectivity index (χ1n) is 6.81. The standard InChI is InChI=1S/C15H20N2O2/c1-3-4-15(19)17(14-9-10-14)13-7-5-12(6-8-13)16-11(2)18/h5-8,14H,3-4,9-10H2,1-2H3,(H,16,18). The quantitative estimate of drug-likeness (QED) is 0.885. The molecule has 0 bridgehead atoms. The van der Waals surface area contributed by atoms with Crippen LogP contribution in [0.15, 0.2) is 24.3 Å². The number of amides is 2. The summed E-state index contributed by atoms with van der Waals surface area (Å²) in [6, 6.07) is 7.84. The van der Waals surface area contributed by atoms with E-state index in [2.05, 4.69) is 5.32 Å². The zero-order chi connectivity index (χ0) is 13.8. The van der Waals surface area contributed by atoms with Crippen molar-refractivity contribution in [3.63, 3.8) is 0 Å². The Morgan fingerprint density at radius 1 is 1.26 bits per heavy atom. The van der Waals surface area contributed by atoms with Crippen molar-refractivity contribution in [2.75, 3.05) is 10.2 Å². The van der Waals surface area contributed by atoms with Gasteiger partial charge in [0.25, 0.3) is 0 Å². The maximum absolute atomic E-state index is 12.1. The molecule has 102 valence electrons. The van der Waals surface area contributed by atoms with Crippen molar-refractivity contribution in [3.8, 4) is 0 Å². The van der Waals surface area contributed by atoms with Gasteiger partial charge in [-0.1, -0.05) is 6.92 Å². The molecule has 1 aromatic rings. The Bertz CT molecular complexity index is 464. The number of nitrogens with one attached hydrogen (secondary N) is 1. The Morgan fingerprint density at radius 3 is 2.37 bits per heavy atom. The van der Waals surface area contributed by atoms with Crippen LogP contribution in [0.1, 0.15) is 39.5 Å². The van der Waals surface area contributed by atoms with E-state index in [4.69, 9.17) is 0 Å². The molecule has 0 aromatic heterocycles. The van der Waals surface area contributed by atoms with Crippen molar-refractivity contribution in [3.05, 3.63) is 24.3 Å². The lowest BCUT2D eigenvalue weighted by Gasteiger charge is -2.22. The van der Waals surface area contributed by atoms with E-state index in [-0.39, 0.29) is 11.8 Å². The summed E-state index contributed by atoms with van der Waals surface area (Å²) in [4.78, 5) is 25.0. The molecule has 1 N–H and O–H groups in total. The van der Waals surface area contributed by atoms with Crippen molar-refractivity contribution >= 4 is 23.2 Å². The van der Waals surface area contributed by atoms with Crippen LogP contribution in [-0.4, -0.2) is 17.9 Å². The third kappa shape index (κ3) is 3.56. The summed E-state index contributed by atoms with van der Waals surface area (Å²) < 4.78 is 0. The van der Waals surface area contributed by atoms with Gasteiger partial charge in [0, 0.05) is 30.8 Å². The van der Waals surface area contributed by atoms with Gasteiger partial charge in [-0.3, -0.25) is 9.59 Å². The molecule has 0 atom stereocenters. The average molecular weight is 260 g/mol. The molecule has 4 heteroatoms. The Labute approximate surface area is 113 Å². The maximum Gasteiger partial charge on any atom is 0.227 e. The largest absolute Gasteiger partial charge is 0.326 e. The third-order valence-electron chi connectivity index (χ3n) is 3.11. The Kier molecular flexibility index (Phi) is 4.20. The smallest absolute Gasteiger partial charge is 0.227 e. The van der Waals surface area contributed by atoms with Crippen molar-refractivity contribution in [1.82, 2.24) is 0 Å². The van der Waals surface area contributed by atoms with Gasteiger partial charge >= 0.3 is 0 Å². The molecule has 1 fully saturated rings. The summed E-state index contributed by atoms with van der Waals surface area (Å²) in [5.74, 6) is 0.103. The molecule has 1 aliphatic rings. The lowest BCUT2D eigenvalue weighted by atomic mass is 10.2. The monoisotopic (exact) mass is 260 g/mol. The lowest BCUT2D eigenvalue weighted by Crippen LogP contribution is -2.32. The zero-order valence-electron chi connectivity index (χ0n) is 11.5. The van der Waals surface area contributed by atoms with E-state index in [1.165, 1.54) is 6.92 Å². The molecule has 1 saturated carbocycles. The molecule has 2 amide bonds. The van der Waals surface area contributed by atoms with E-state index in [0.717, 1.165) is 30.6 Å². The fourth-order valence-electron chi connectivity index (χ4n) is 2.13. The van der Waals surface area contributed by atoms with Crippen LogP contribution in [0.3, 0.4) is 0 Å². The van der Waals surface area contributed by atoms with E-state index in [9.17, 15) is 9.59 Å². The summed E-state index contributed by atoms with van der Waals surface area (Å²) in [6.07, 6.45) is 3.63. The van der Waals surface area contributed by atoms with Gasteiger partial charge in [0.05, 0.1) is 0 Å². The predicted molar refractivity (Wildman–Crippen MR) is 76.2 cm³/mol. The normalized spacial score (nSPS) is 14.0. The number of benzene rings is 1. The number of hydrogen-bond donors (Lipinski definition) is 1. The fraction of sp³-hybridized carbons (Fsp3) is 0.467. The van der Waals surface area contributed by atoms with Crippen LogP contribution in [0.4, 0.5) is 11.4 Å². The summed E-state index contributed by atoms with van der Waals surface area (Å²) in [5.41, 5.74) is 1.69. The Hall–Kier alpha value is -1.84. The number of rotatable bonds is 5. The maximum atomic E-state index is 12.1. The second-order valence-corrected chi connectivity index (χ2v) is 4.97. The van der Waals surface area contributed by atoms with Crippen molar-refractivity contribution < 1.29 is 9.59 Å². The molecule has 19 heavy (non-hydrogen) atoms. The van der Waals surface area contributed by atoms with Crippen LogP contribution in [0, 0.1) is 0 Å². The second kappa shape index (κ2) is 5.87. The molecule has 2 rings (SSSR count). The summed E-state index contributed by atoms with van der Waals surface area (Å²) in [6.45, 7) is 3.50. The minimum absolute atomic E-state index is 0.0890. The topological polar surface area (TPSA) is 49.4 Å². The lowest BCUT2D eigenvalue weighted by molar-refractivity contribution is -0.118. The van der Waals surface area contributed by atoms with Crippen LogP contribution in [0.25, 0.3) is 0 Å². The Morgan fingerprint density at radius 2 is 1.89 bits per heavy atom. The first kappa shape index (κ1) is 13.6. The predicted octanol–water partition coefficient (Wildman–Crippen LogP) is 2.94. The van der Waals surface area contributed by atoms with Crippen LogP contribution in [0.2, 0.25) is 0 Å². The highest BCUT2D eigenvalue weighted by Gasteiger charge is 2.33. The fourth-order valence-corrected chi connectivity index (χ4v) is 2.13. The van der Waals surface area contributed by atoms with Gasteiger partial charge in [-0.25, -0.2) is 0 Å². The van der Waals surface area contributed by atoms with Gasteiger partial charge < -0.3 is 10.2 Å². The van der Waals surface area contributed by atoms with E-state index in [0.29, 0.717) is 12.5 Å². The molecule has 0 unspecified atom stereocenters. The highest BCUT2D eigenvalue weighted by Crippen LogP contribution is 2.33. The molecule has 0 radical (unpaired) electrons. The molecule has 1 aromatic carbocycles. The van der Waals surface area contributed by atoms with Gasteiger partial charge in [0.2, 0.25) is 11.8 Å². The molecule has 0 heterocycles. The van der Waals surface area contributed by atoms with Gasteiger partial charge in [-0.05, 0) is 43.5 Å². The van der Waals surface area contributed by atoms with Gasteiger partial charge in [-0.2, -0.15) is 0 Å². The van der Waals surface area contributed by atoms with Gasteiger partial charge in [0.15, 0.2) is 0 Å². The molecule has 1 aliphatic carbocycles. The third-order valence-corrected chi connectivity index (χ3v) is 3.11. The Balaban J connectivity index is 2.13. The summed E-state index contributed by atoms with van der Waals surface area (Å²) in [5, 5.41) is 2.73. The molecule has 0 aliphatic heterocycles. The minimum Gasteiger partial charge on any atom is -0.326 e. The molecular weight excluding hydrogens is 240 g/mol. The first-order chi connectivity index (χ1) is 9.11. The highest BCUT2D eigenvalue weighted by atomic mass is 16.2. The number of hydrogen-bond acceptors (Lipinski definition) is 2. The van der Waals surface area contributed by atoms with Crippen LogP contribution in [-0.2, 0) is 9.59 Å². The number of carbonyl (C=O) groups is 2. The summed E-state index contributed by atoms with van der Waals surface area (Å²) in [7, 11) is 0. The number of anilines is 2. The molecule has 0 spiro atoms. The first-order valence-corrected chi connectivity index (χ1v) is 6.81. The van der Waals surface area contributed by atoms with Crippen molar-refractivity contribution in [2.24, 2.45) is 0 Å². The van der Waals surface area contributed by atoms with Crippen molar-refractivity contribution in [2.45, 2.75) is 45.6 Å². The minimum atomic E-state index is -0.0890. The van der Waals surface area contributed by atoms with Crippen LogP contribution >= 0.6 is 0 Å². The van der Waals surface area contributed by atoms with Crippen molar-refractivity contribution in [1.29, 1.82) is 0 Å². The average Bonchev–Trinajstić information content (AvgIpc) is 3.16. The van der Waals surface area contributed by atoms with Crippen LogP contribution in [0.5, 0.6) is 0 Å².